The van der Waals surface area contributed by atoms with Gasteiger partial charge in [0.1, 0.15) is 0 Å². The minimum Gasteiger partial charge on any atom is -0.144 e. The van der Waals surface area contributed by atoms with E-state index in [9.17, 15) is 0 Å². The number of rotatable bonds is 3. The van der Waals surface area contributed by atoms with Crippen LogP contribution in [0.4, 0.5) is 0 Å². The summed E-state index contributed by atoms with van der Waals surface area (Å²) in [5.74, 6) is 3.59. The molecule has 0 saturated carbocycles. The molecule has 0 amide bonds. The van der Waals surface area contributed by atoms with Gasteiger partial charge in [-0.15, -0.1) is 23.5 Å². The van der Waals surface area contributed by atoms with E-state index < -0.39 is 8.07 Å². The fraction of sp³-hybridized carbons (Fsp3) is 1.00. The van der Waals surface area contributed by atoms with Crippen LogP contribution < -0.4 is 0 Å². The Labute approximate surface area is 99.0 Å². The van der Waals surface area contributed by atoms with Gasteiger partial charge in [0.05, 0.1) is 4.08 Å². The molecular formula is C11H24S2Si. The van der Waals surface area contributed by atoms with Crippen LogP contribution in [0, 0.1) is 5.92 Å². The van der Waals surface area contributed by atoms with Crippen molar-refractivity contribution < 1.29 is 0 Å². The van der Waals surface area contributed by atoms with Crippen LogP contribution in [0.3, 0.4) is 0 Å². The molecule has 1 fully saturated rings. The molecule has 0 spiro atoms. The normalized spacial score (nSPS) is 22.7. The summed E-state index contributed by atoms with van der Waals surface area (Å²) in [6.07, 6.45) is 1.41. The molecule has 1 rings (SSSR count). The fourth-order valence-corrected chi connectivity index (χ4v) is 10.2. The Kier molecular flexibility index (Phi) is 4.48. The molecule has 0 nitrogen and oxygen atoms in total. The minimum atomic E-state index is -0.921. The molecule has 0 aliphatic carbocycles. The highest BCUT2D eigenvalue weighted by Crippen LogP contribution is 2.52. The van der Waals surface area contributed by atoms with Gasteiger partial charge in [0, 0.05) is 8.07 Å². The molecule has 0 radical (unpaired) electrons. The molecule has 1 heterocycles. The van der Waals surface area contributed by atoms with Crippen molar-refractivity contribution in [1.29, 1.82) is 0 Å². The van der Waals surface area contributed by atoms with Crippen LogP contribution in [-0.4, -0.2) is 23.7 Å². The van der Waals surface area contributed by atoms with Crippen LogP contribution in [0.1, 0.15) is 20.3 Å². The first-order chi connectivity index (χ1) is 6.36. The van der Waals surface area contributed by atoms with Crippen LogP contribution in [0.15, 0.2) is 0 Å². The third-order valence-electron chi connectivity index (χ3n) is 2.64. The summed E-state index contributed by atoms with van der Waals surface area (Å²) < 4.78 is 0.558. The quantitative estimate of drug-likeness (QED) is 0.672. The molecule has 0 aromatic heterocycles. The predicted molar refractivity (Wildman–Crippen MR) is 75.3 cm³/mol. The van der Waals surface area contributed by atoms with Crippen molar-refractivity contribution >= 4 is 31.6 Å². The Hall–Kier alpha value is 0.917. The average molecular weight is 249 g/mol. The lowest BCUT2D eigenvalue weighted by Gasteiger charge is -2.43. The molecule has 0 aromatic rings. The summed E-state index contributed by atoms with van der Waals surface area (Å²) in [6.45, 7) is 12.3. The number of thioether (sulfide) groups is 2. The lowest BCUT2D eigenvalue weighted by molar-refractivity contribution is 0.595. The van der Waals surface area contributed by atoms with Gasteiger partial charge < -0.3 is 0 Å². The zero-order valence-electron chi connectivity index (χ0n) is 10.2. The van der Waals surface area contributed by atoms with Gasteiger partial charge >= 0.3 is 0 Å². The van der Waals surface area contributed by atoms with Crippen LogP contribution in [0.25, 0.3) is 0 Å². The van der Waals surface area contributed by atoms with Gasteiger partial charge in [-0.3, -0.25) is 0 Å². The standard InChI is InChI=1S/C11H24S2Si/c1-10(2)11(9-14(3,4)5)12-7-6-8-13-11/h10H,6-9H2,1-5H3. The highest BCUT2D eigenvalue weighted by Gasteiger charge is 2.40. The van der Waals surface area contributed by atoms with Gasteiger partial charge in [0.2, 0.25) is 0 Å². The molecule has 0 unspecified atom stereocenters. The summed E-state index contributed by atoms with van der Waals surface area (Å²) in [6, 6.07) is 1.48. The first-order valence-electron chi connectivity index (χ1n) is 5.64. The second-order valence-corrected chi connectivity index (χ2v) is 14.3. The molecule has 3 heteroatoms. The monoisotopic (exact) mass is 248 g/mol. The van der Waals surface area contributed by atoms with Crippen LogP contribution in [0.5, 0.6) is 0 Å². The van der Waals surface area contributed by atoms with E-state index in [-0.39, 0.29) is 0 Å². The number of hydrogen-bond donors (Lipinski definition) is 0. The molecule has 1 saturated heterocycles. The molecule has 0 aromatic carbocycles. The summed E-state index contributed by atoms with van der Waals surface area (Å²) in [5.41, 5.74) is 0. The Morgan fingerprint density at radius 3 is 2.00 bits per heavy atom. The van der Waals surface area contributed by atoms with Crippen molar-refractivity contribution in [1.82, 2.24) is 0 Å². The second kappa shape index (κ2) is 4.83. The smallest absolute Gasteiger partial charge is 0.0610 e. The topological polar surface area (TPSA) is 0 Å². The van der Waals surface area contributed by atoms with E-state index in [4.69, 9.17) is 0 Å². The van der Waals surface area contributed by atoms with E-state index in [0.29, 0.717) is 4.08 Å². The molecular weight excluding hydrogens is 224 g/mol. The van der Waals surface area contributed by atoms with Gasteiger partial charge in [-0.25, -0.2) is 0 Å². The zero-order chi connectivity index (χ0) is 10.8. The van der Waals surface area contributed by atoms with Gasteiger partial charge in [-0.1, -0.05) is 33.5 Å². The van der Waals surface area contributed by atoms with Crippen LogP contribution in [-0.2, 0) is 0 Å². The Balaban J connectivity index is 2.71. The summed E-state index contributed by atoms with van der Waals surface area (Å²) in [7, 11) is -0.921. The van der Waals surface area contributed by atoms with E-state index in [1.54, 1.807) is 0 Å². The summed E-state index contributed by atoms with van der Waals surface area (Å²) in [4.78, 5) is 0. The van der Waals surface area contributed by atoms with E-state index in [2.05, 4.69) is 57.0 Å². The maximum atomic E-state index is 2.51. The first kappa shape index (κ1) is 13.0. The summed E-state index contributed by atoms with van der Waals surface area (Å²) >= 11 is 4.49. The molecule has 1 aliphatic heterocycles. The van der Waals surface area contributed by atoms with Crippen molar-refractivity contribution in [3.05, 3.63) is 0 Å². The number of hydrogen-bond acceptors (Lipinski definition) is 2. The van der Waals surface area contributed by atoms with Crippen molar-refractivity contribution in [2.24, 2.45) is 5.92 Å². The fourth-order valence-electron chi connectivity index (χ4n) is 1.97. The lowest BCUT2D eigenvalue weighted by atomic mass is 10.1. The van der Waals surface area contributed by atoms with Gasteiger partial charge in [-0.2, -0.15) is 0 Å². The second-order valence-electron chi connectivity index (χ2n) is 5.75. The predicted octanol–water partition coefficient (Wildman–Crippen LogP) is 4.55. The van der Waals surface area contributed by atoms with Crippen molar-refractivity contribution in [3.8, 4) is 0 Å². The molecule has 0 bridgehead atoms. The Morgan fingerprint density at radius 1 is 1.14 bits per heavy atom. The van der Waals surface area contributed by atoms with Crippen molar-refractivity contribution in [3.63, 3.8) is 0 Å². The highest BCUT2D eigenvalue weighted by atomic mass is 32.2. The SMILES string of the molecule is CC(C)C1(C[Si](C)(C)C)SCCCS1. The molecule has 0 atom stereocenters. The lowest BCUT2D eigenvalue weighted by Crippen LogP contribution is -2.39. The van der Waals surface area contributed by atoms with Crippen LogP contribution in [0.2, 0.25) is 25.7 Å². The molecule has 14 heavy (non-hydrogen) atoms. The van der Waals surface area contributed by atoms with Gasteiger partial charge in [-0.05, 0) is 29.9 Å². The average Bonchev–Trinajstić information content (AvgIpc) is 2.02. The minimum absolute atomic E-state index is 0.558. The Bertz CT molecular complexity index is 178. The largest absolute Gasteiger partial charge is 0.144 e. The third-order valence-corrected chi connectivity index (χ3v) is 8.67. The first-order valence-corrected chi connectivity index (χ1v) is 11.3. The van der Waals surface area contributed by atoms with E-state index in [1.807, 2.05) is 0 Å². The maximum Gasteiger partial charge on any atom is 0.0610 e. The molecule has 0 N–H and O–H groups in total. The van der Waals surface area contributed by atoms with Gasteiger partial charge in [0.25, 0.3) is 0 Å². The molecule has 1 aliphatic rings. The summed E-state index contributed by atoms with van der Waals surface area (Å²) in [5, 5.41) is 0. The van der Waals surface area contributed by atoms with E-state index in [0.717, 1.165) is 5.92 Å². The van der Waals surface area contributed by atoms with Gasteiger partial charge in [0.15, 0.2) is 0 Å². The zero-order valence-corrected chi connectivity index (χ0v) is 12.9. The van der Waals surface area contributed by atoms with Crippen LogP contribution >= 0.6 is 23.5 Å². The molecule has 84 valence electrons. The third kappa shape index (κ3) is 3.49. The van der Waals surface area contributed by atoms with E-state index in [1.165, 1.54) is 24.0 Å². The Morgan fingerprint density at radius 2 is 1.64 bits per heavy atom. The maximum absolute atomic E-state index is 2.51. The van der Waals surface area contributed by atoms with E-state index >= 15 is 0 Å². The van der Waals surface area contributed by atoms with Crippen molar-refractivity contribution in [2.75, 3.05) is 11.5 Å². The highest BCUT2D eigenvalue weighted by molar-refractivity contribution is 8.18. The van der Waals surface area contributed by atoms with Crippen molar-refractivity contribution in [2.45, 2.75) is 50.0 Å².